The molecule has 1 aromatic carbocycles. The van der Waals surface area contributed by atoms with E-state index in [0.717, 1.165) is 18.3 Å². The molecule has 1 heteroatoms. The van der Waals surface area contributed by atoms with Crippen molar-refractivity contribution in [1.29, 1.82) is 0 Å². The van der Waals surface area contributed by atoms with Crippen LogP contribution in [0, 0.1) is 11.8 Å². The van der Waals surface area contributed by atoms with Crippen molar-refractivity contribution in [2.45, 2.75) is 83.5 Å². The maximum Gasteiger partial charge on any atom is 0.143 e. The summed E-state index contributed by atoms with van der Waals surface area (Å²) in [5, 5.41) is 0. The van der Waals surface area contributed by atoms with Gasteiger partial charge in [0.15, 0.2) is 0 Å². The SMILES string of the molecule is CCCCCC1CCC(c2ccc(C3CC(C)C3=O)cc2)CC1. The maximum absolute atomic E-state index is 11.9. The first kappa shape index (κ1) is 16.7. The first-order valence-corrected chi connectivity index (χ1v) is 9.82. The molecule has 0 aliphatic heterocycles. The van der Waals surface area contributed by atoms with E-state index in [2.05, 4.69) is 31.2 Å². The molecule has 2 saturated carbocycles. The van der Waals surface area contributed by atoms with Crippen LogP contribution in [-0.4, -0.2) is 5.78 Å². The molecular formula is C22H32O. The summed E-state index contributed by atoms with van der Waals surface area (Å²) in [5.74, 6) is 2.63. The highest BCUT2D eigenvalue weighted by Gasteiger charge is 2.36. The third-order valence-corrected chi connectivity index (χ3v) is 6.29. The van der Waals surface area contributed by atoms with E-state index in [1.165, 1.54) is 62.5 Å². The Hall–Kier alpha value is -1.11. The van der Waals surface area contributed by atoms with Gasteiger partial charge in [-0.05, 0) is 55.1 Å². The minimum Gasteiger partial charge on any atom is -0.299 e. The Morgan fingerprint density at radius 2 is 1.61 bits per heavy atom. The fourth-order valence-corrected chi connectivity index (χ4v) is 4.54. The Kier molecular flexibility index (Phi) is 5.56. The van der Waals surface area contributed by atoms with Crippen molar-refractivity contribution in [3.05, 3.63) is 35.4 Å². The second-order valence-electron chi connectivity index (χ2n) is 7.97. The van der Waals surface area contributed by atoms with E-state index in [9.17, 15) is 4.79 Å². The molecule has 2 unspecified atom stereocenters. The van der Waals surface area contributed by atoms with Gasteiger partial charge in [0.2, 0.25) is 0 Å². The van der Waals surface area contributed by atoms with Crippen LogP contribution in [0.25, 0.3) is 0 Å². The first-order valence-electron chi connectivity index (χ1n) is 9.82. The smallest absolute Gasteiger partial charge is 0.143 e. The molecule has 0 spiro atoms. The standard InChI is InChI=1S/C22H32O/c1-3-4-5-6-17-7-9-18(10-8-17)19-11-13-20(14-12-19)21-15-16(2)22(21)23/h11-14,16-18,21H,3-10,15H2,1-2H3. The Morgan fingerprint density at radius 3 is 2.17 bits per heavy atom. The number of carbonyl (C=O) groups excluding carboxylic acids is 1. The number of ketones is 1. The normalized spacial score (nSPS) is 31.0. The van der Waals surface area contributed by atoms with E-state index in [1.54, 1.807) is 0 Å². The van der Waals surface area contributed by atoms with Gasteiger partial charge in [-0.1, -0.05) is 63.8 Å². The minimum atomic E-state index is 0.188. The van der Waals surface area contributed by atoms with Gasteiger partial charge in [-0.25, -0.2) is 0 Å². The van der Waals surface area contributed by atoms with E-state index in [4.69, 9.17) is 0 Å². The monoisotopic (exact) mass is 312 g/mol. The van der Waals surface area contributed by atoms with Crippen LogP contribution < -0.4 is 0 Å². The molecule has 0 N–H and O–H groups in total. The number of benzene rings is 1. The largest absolute Gasteiger partial charge is 0.299 e. The molecule has 2 fully saturated rings. The van der Waals surface area contributed by atoms with Gasteiger partial charge < -0.3 is 0 Å². The van der Waals surface area contributed by atoms with E-state index in [0.29, 0.717) is 5.78 Å². The van der Waals surface area contributed by atoms with Crippen LogP contribution >= 0.6 is 0 Å². The third-order valence-electron chi connectivity index (χ3n) is 6.29. The van der Waals surface area contributed by atoms with Gasteiger partial charge in [-0.2, -0.15) is 0 Å². The first-order chi connectivity index (χ1) is 11.2. The number of rotatable bonds is 6. The zero-order chi connectivity index (χ0) is 16.2. The van der Waals surface area contributed by atoms with Crippen LogP contribution in [0.15, 0.2) is 24.3 Å². The van der Waals surface area contributed by atoms with Crippen LogP contribution in [0.1, 0.15) is 94.6 Å². The van der Waals surface area contributed by atoms with Gasteiger partial charge in [-0.3, -0.25) is 4.79 Å². The van der Waals surface area contributed by atoms with Gasteiger partial charge >= 0.3 is 0 Å². The fraction of sp³-hybridized carbons (Fsp3) is 0.682. The Bertz CT molecular complexity index is 507. The lowest BCUT2D eigenvalue weighted by Crippen LogP contribution is -2.33. The molecule has 0 amide bonds. The number of hydrogen-bond donors (Lipinski definition) is 0. The summed E-state index contributed by atoms with van der Waals surface area (Å²) in [5.41, 5.74) is 2.74. The summed E-state index contributed by atoms with van der Waals surface area (Å²) in [4.78, 5) is 11.9. The summed E-state index contributed by atoms with van der Waals surface area (Å²) in [6, 6.07) is 9.04. The topological polar surface area (TPSA) is 17.1 Å². The van der Waals surface area contributed by atoms with Gasteiger partial charge in [0.25, 0.3) is 0 Å². The Morgan fingerprint density at radius 1 is 0.957 bits per heavy atom. The van der Waals surface area contributed by atoms with Gasteiger partial charge in [0.1, 0.15) is 5.78 Å². The maximum atomic E-state index is 11.9. The molecule has 23 heavy (non-hydrogen) atoms. The van der Waals surface area contributed by atoms with Crippen LogP contribution in [0.2, 0.25) is 0 Å². The molecule has 0 saturated heterocycles. The minimum absolute atomic E-state index is 0.188. The van der Waals surface area contributed by atoms with Crippen molar-refractivity contribution in [3.63, 3.8) is 0 Å². The zero-order valence-corrected chi connectivity index (χ0v) is 14.9. The van der Waals surface area contributed by atoms with Crippen molar-refractivity contribution >= 4 is 5.78 Å². The predicted molar refractivity (Wildman–Crippen MR) is 96.8 cm³/mol. The molecule has 2 aliphatic carbocycles. The van der Waals surface area contributed by atoms with Crippen molar-refractivity contribution in [3.8, 4) is 0 Å². The highest BCUT2D eigenvalue weighted by Crippen LogP contribution is 2.40. The van der Waals surface area contributed by atoms with E-state index < -0.39 is 0 Å². The van der Waals surface area contributed by atoms with Crippen molar-refractivity contribution in [2.24, 2.45) is 11.8 Å². The number of carbonyl (C=O) groups is 1. The summed E-state index contributed by atoms with van der Waals surface area (Å²) in [6.07, 6.45) is 12.2. The molecule has 1 aromatic rings. The zero-order valence-electron chi connectivity index (χ0n) is 14.9. The second kappa shape index (κ2) is 7.64. The van der Waals surface area contributed by atoms with E-state index in [1.807, 2.05) is 6.92 Å². The third kappa shape index (κ3) is 3.87. The van der Waals surface area contributed by atoms with Crippen LogP contribution in [0.5, 0.6) is 0 Å². The summed E-state index contributed by atoms with van der Waals surface area (Å²) in [6.45, 7) is 4.34. The van der Waals surface area contributed by atoms with Gasteiger partial charge in [-0.15, -0.1) is 0 Å². The van der Waals surface area contributed by atoms with Crippen LogP contribution in [0.4, 0.5) is 0 Å². The molecule has 0 bridgehead atoms. The molecular weight excluding hydrogens is 280 g/mol. The Balaban J connectivity index is 1.50. The molecule has 0 radical (unpaired) electrons. The lowest BCUT2D eigenvalue weighted by atomic mass is 9.70. The van der Waals surface area contributed by atoms with Crippen LogP contribution in [0.3, 0.4) is 0 Å². The van der Waals surface area contributed by atoms with Crippen molar-refractivity contribution in [1.82, 2.24) is 0 Å². The molecule has 1 nitrogen and oxygen atoms in total. The molecule has 2 aliphatic rings. The van der Waals surface area contributed by atoms with Crippen molar-refractivity contribution < 1.29 is 4.79 Å². The molecule has 3 rings (SSSR count). The second-order valence-corrected chi connectivity index (χ2v) is 7.97. The highest BCUT2D eigenvalue weighted by atomic mass is 16.1. The van der Waals surface area contributed by atoms with E-state index >= 15 is 0 Å². The average molecular weight is 312 g/mol. The highest BCUT2D eigenvalue weighted by molar-refractivity contribution is 5.93. The predicted octanol–water partition coefficient (Wildman–Crippen LogP) is 6.23. The lowest BCUT2D eigenvalue weighted by molar-refractivity contribution is -0.130. The van der Waals surface area contributed by atoms with Gasteiger partial charge in [0.05, 0.1) is 0 Å². The molecule has 2 atom stereocenters. The quantitative estimate of drug-likeness (QED) is 0.569. The summed E-state index contributed by atoms with van der Waals surface area (Å²) in [7, 11) is 0. The number of unbranched alkanes of at least 4 members (excludes halogenated alkanes) is 2. The average Bonchev–Trinajstić information content (AvgIpc) is 2.60. The van der Waals surface area contributed by atoms with Gasteiger partial charge in [0, 0.05) is 11.8 Å². The number of Topliss-reactive ketones (excluding diaryl/α,β-unsaturated/α-hetero) is 1. The fourth-order valence-electron chi connectivity index (χ4n) is 4.54. The molecule has 126 valence electrons. The lowest BCUT2D eigenvalue weighted by Gasteiger charge is -2.32. The Labute approximate surface area is 141 Å². The molecule has 0 aromatic heterocycles. The van der Waals surface area contributed by atoms with E-state index in [-0.39, 0.29) is 11.8 Å². The number of hydrogen-bond acceptors (Lipinski definition) is 1. The van der Waals surface area contributed by atoms with Crippen molar-refractivity contribution in [2.75, 3.05) is 0 Å². The van der Waals surface area contributed by atoms with Crippen LogP contribution in [-0.2, 0) is 4.79 Å². The summed E-state index contributed by atoms with van der Waals surface area (Å²) >= 11 is 0. The summed E-state index contributed by atoms with van der Waals surface area (Å²) < 4.78 is 0. The molecule has 0 heterocycles.